The number of benzene rings is 1. The van der Waals surface area contributed by atoms with Gasteiger partial charge in [0.25, 0.3) is 0 Å². The topological polar surface area (TPSA) is 54.7 Å². The number of halogens is 1. The highest BCUT2D eigenvalue weighted by Gasteiger charge is 2.10. The summed E-state index contributed by atoms with van der Waals surface area (Å²) in [6.07, 6.45) is 0.789. The number of pyridine rings is 1. The molecule has 17 heavy (non-hydrogen) atoms. The Balaban J connectivity index is 2.52. The monoisotopic (exact) mass is 229 g/mol. The van der Waals surface area contributed by atoms with Gasteiger partial charge in [-0.25, -0.2) is 9.37 Å². The lowest BCUT2D eigenvalue weighted by molar-refractivity contribution is 0.630. The molecule has 0 fully saturated rings. The van der Waals surface area contributed by atoms with E-state index in [4.69, 9.17) is 5.73 Å². The van der Waals surface area contributed by atoms with Crippen LogP contribution in [0.15, 0.2) is 24.3 Å². The number of hydrogen-bond acceptors (Lipinski definition) is 2. The molecular formula is C13H12FN3. The van der Waals surface area contributed by atoms with Gasteiger partial charge in [0.05, 0.1) is 11.2 Å². The van der Waals surface area contributed by atoms with E-state index in [0.717, 1.165) is 33.9 Å². The van der Waals surface area contributed by atoms with Crippen molar-refractivity contribution in [2.45, 2.75) is 13.3 Å². The first-order valence-electron chi connectivity index (χ1n) is 5.55. The second-order valence-corrected chi connectivity index (χ2v) is 4.08. The van der Waals surface area contributed by atoms with Crippen LogP contribution in [0.25, 0.3) is 21.8 Å². The van der Waals surface area contributed by atoms with Crippen molar-refractivity contribution in [3.05, 3.63) is 35.8 Å². The van der Waals surface area contributed by atoms with E-state index in [0.29, 0.717) is 5.82 Å². The maximum absolute atomic E-state index is 13.3. The van der Waals surface area contributed by atoms with E-state index in [9.17, 15) is 4.39 Å². The Morgan fingerprint density at radius 1 is 1.29 bits per heavy atom. The number of nitrogens with zero attached hydrogens (tertiary/aromatic N) is 1. The van der Waals surface area contributed by atoms with Crippen molar-refractivity contribution in [3.63, 3.8) is 0 Å². The minimum absolute atomic E-state index is 0.244. The highest BCUT2D eigenvalue weighted by atomic mass is 19.1. The summed E-state index contributed by atoms with van der Waals surface area (Å²) in [5, 5.41) is 1.78. The van der Waals surface area contributed by atoms with Crippen LogP contribution in [0.3, 0.4) is 0 Å². The first-order valence-corrected chi connectivity index (χ1v) is 5.55. The standard InChI is InChI=1S/C13H12FN3/c1-2-10-13-9(6-12(15)16-10)8-5-7(14)3-4-11(8)17-13/h3-6,17H,2H2,1H3,(H2,15,16). The summed E-state index contributed by atoms with van der Waals surface area (Å²) < 4.78 is 13.3. The van der Waals surface area contributed by atoms with Gasteiger partial charge in [-0.2, -0.15) is 0 Å². The number of aromatic amines is 1. The number of hydrogen-bond donors (Lipinski definition) is 2. The molecule has 3 aromatic rings. The number of aromatic nitrogens is 2. The lowest BCUT2D eigenvalue weighted by Crippen LogP contribution is -1.95. The summed E-state index contributed by atoms with van der Waals surface area (Å²) >= 11 is 0. The zero-order valence-electron chi connectivity index (χ0n) is 9.42. The van der Waals surface area contributed by atoms with Gasteiger partial charge in [-0.3, -0.25) is 0 Å². The third kappa shape index (κ3) is 1.45. The predicted octanol–water partition coefficient (Wildman–Crippen LogP) is 3.00. The molecule has 3 N–H and O–H groups in total. The molecule has 1 aromatic carbocycles. The molecule has 0 aliphatic heterocycles. The van der Waals surface area contributed by atoms with Gasteiger partial charge in [0.1, 0.15) is 11.6 Å². The van der Waals surface area contributed by atoms with Crippen LogP contribution in [0.4, 0.5) is 10.2 Å². The third-order valence-corrected chi connectivity index (χ3v) is 2.98. The van der Waals surface area contributed by atoms with Gasteiger partial charge in [0.2, 0.25) is 0 Å². The molecule has 3 nitrogen and oxygen atoms in total. The quantitative estimate of drug-likeness (QED) is 0.674. The average molecular weight is 229 g/mol. The molecule has 0 radical (unpaired) electrons. The number of aryl methyl sites for hydroxylation is 1. The molecule has 0 saturated heterocycles. The molecule has 0 bridgehead atoms. The molecule has 86 valence electrons. The molecule has 3 rings (SSSR count). The Hall–Kier alpha value is -2.10. The summed E-state index contributed by atoms with van der Waals surface area (Å²) in [5.74, 6) is 0.228. The number of rotatable bonds is 1. The van der Waals surface area contributed by atoms with Crippen molar-refractivity contribution < 1.29 is 4.39 Å². The first kappa shape index (κ1) is 10.1. The van der Waals surface area contributed by atoms with Crippen LogP contribution in [0.1, 0.15) is 12.6 Å². The van der Waals surface area contributed by atoms with Gasteiger partial charge in [-0.15, -0.1) is 0 Å². The first-order chi connectivity index (χ1) is 8.19. The van der Waals surface area contributed by atoms with Crippen LogP contribution in [0.2, 0.25) is 0 Å². The Morgan fingerprint density at radius 3 is 2.88 bits per heavy atom. The SMILES string of the molecule is CCc1nc(N)cc2c1[nH]c1ccc(F)cc12. The van der Waals surface area contributed by atoms with Gasteiger partial charge < -0.3 is 10.7 Å². The van der Waals surface area contributed by atoms with Crippen molar-refractivity contribution >= 4 is 27.6 Å². The van der Waals surface area contributed by atoms with E-state index >= 15 is 0 Å². The van der Waals surface area contributed by atoms with Crippen molar-refractivity contribution in [1.82, 2.24) is 9.97 Å². The molecular weight excluding hydrogens is 217 g/mol. The van der Waals surface area contributed by atoms with Crippen LogP contribution >= 0.6 is 0 Å². The fraction of sp³-hybridized carbons (Fsp3) is 0.154. The van der Waals surface area contributed by atoms with Crippen LogP contribution in [0, 0.1) is 5.82 Å². The molecule has 0 aliphatic rings. The van der Waals surface area contributed by atoms with Crippen LogP contribution in [0.5, 0.6) is 0 Å². The lowest BCUT2D eigenvalue weighted by Gasteiger charge is -2.00. The molecule has 4 heteroatoms. The van der Waals surface area contributed by atoms with Gasteiger partial charge in [0.15, 0.2) is 0 Å². The molecule has 0 atom stereocenters. The number of fused-ring (bicyclic) bond motifs is 3. The van der Waals surface area contributed by atoms with E-state index in [1.165, 1.54) is 12.1 Å². The molecule has 0 unspecified atom stereocenters. The molecule has 2 aromatic heterocycles. The number of nitrogens with two attached hydrogens (primary N) is 1. The summed E-state index contributed by atoms with van der Waals surface area (Å²) in [6, 6.07) is 6.49. The smallest absolute Gasteiger partial charge is 0.124 e. The van der Waals surface area contributed by atoms with Crippen molar-refractivity contribution in [2.24, 2.45) is 0 Å². The van der Waals surface area contributed by atoms with Gasteiger partial charge in [-0.05, 0) is 30.7 Å². The van der Waals surface area contributed by atoms with E-state index in [1.807, 2.05) is 6.92 Å². The maximum Gasteiger partial charge on any atom is 0.124 e. The summed E-state index contributed by atoms with van der Waals surface area (Å²) in [4.78, 5) is 7.56. The van der Waals surface area contributed by atoms with Crippen LogP contribution in [-0.2, 0) is 6.42 Å². The molecule has 0 amide bonds. The third-order valence-electron chi connectivity index (χ3n) is 2.98. The van der Waals surface area contributed by atoms with E-state index < -0.39 is 0 Å². The molecule has 0 aliphatic carbocycles. The van der Waals surface area contributed by atoms with Gasteiger partial charge in [0, 0.05) is 16.3 Å². The number of nitrogens with one attached hydrogen (secondary N) is 1. The van der Waals surface area contributed by atoms with E-state index in [-0.39, 0.29) is 5.82 Å². The van der Waals surface area contributed by atoms with Gasteiger partial charge >= 0.3 is 0 Å². The second kappa shape index (κ2) is 3.45. The summed E-state index contributed by atoms with van der Waals surface area (Å²) in [7, 11) is 0. The van der Waals surface area contributed by atoms with Crippen LogP contribution in [-0.4, -0.2) is 9.97 Å². The van der Waals surface area contributed by atoms with E-state index in [1.54, 1.807) is 12.1 Å². The normalized spacial score (nSPS) is 11.4. The minimum Gasteiger partial charge on any atom is -0.384 e. The van der Waals surface area contributed by atoms with Gasteiger partial charge in [-0.1, -0.05) is 6.92 Å². The average Bonchev–Trinajstić information content (AvgIpc) is 2.66. The molecule has 0 spiro atoms. The lowest BCUT2D eigenvalue weighted by atomic mass is 10.1. The zero-order chi connectivity index (χ0) is 12.0. The highest BCUT2D eigenvalue weighted by molar-refractivity contribution is 6.08. The van der Waals surface area contributed by atoms with Crippen LogP contribution < -0.4 is 5.73 Å². The Kier molecular flexibility index (Phi) is 2.04. The fourth-order valence-corrected chi connectivity index (χ4v) is 2.21. The molecule has 2 heterocycles. The Morgan fingerprint density at radius 2 is 2.12 bits per heavy atom. The Bertz CT molecular complexity index is 715. The highest BCUT2D eigenvalue weighted by Crippen LogP contribution is 2.29. The number of H-pyrrole nitrogens is 1. The predicted molar refractivity (Wildman–Crippen MR) is 67.3 cm³/mol. The van der Waals surface area contributed by atoms with Crippen molar-refractivity contribution in [3.8, 4) is 0 Å². The summed E-state index contributed by atoms with van der Waals surface area (Å²) in [6.45, 7) is 2.02. The summed E-state index contributed by atoms with van der Waals surface area (Å²) in [5.41, 5.74) is 8.54. The second-order valence-electron chi connectivity index (χ2n) is 4.08. The van der Waals surface area contributed by atoms with Crippen molar-refractivity contribution in [2.75, 3.05) is 5.73 Å². The zero-order valence-corrected chi connectivity index (χ0v) is 9.42. The largest absolute Gasteiger partial charge is 0.384 e. The van der Waals surface area contributed by atoms with E-state index in [2.05, 4.69) is 9.97 Å². The Labute approximate surface area is 97.5 Å². The fourth-order valence-electron chi connectivity index (χ4n) is 2.21. The number of nitrogen functional groups attached to an aromatic ring is 1. The minimum atomic E-state index is -0.244. The maximum atomic E-state index is 13.3. The van der Waals surface area contributed by atoms with Crippen molar-refractivity contribution in [1.29, 1.82) is 0 Å². The number of anilines is 1. The molecule has 0 saturated carbocycles.